The van der Waals surface area contributed by atoms with E-state index in [-0.39, 0.29) is 11.1 Å². The second-order valence-corrected chi connectivity index (χ2v) is 14.6. The standard InChI is InChI=1S/C22H28N2O.C19H24N2.C3H5ClO.2C2H6O/c1-2-22(25)24(20-11-7-4-8-12-20)21-14-17-23(18-15-21)16-13-19-9-5-3-6-10-19;1-3-7-17(8-4-1)11-14-21-15-12-19(13-16-21)20-18-9-5-2-6-10-18;1-2-3(4)5;2*1-3-2/h3-12,21H,2,13-18H2,1H3;1-10,19-20H,11-16H2;2H2,1H3;2*1-2H3. The summed E-state index contributed by atoms with van der Waals surface area (Å²) in [4.78, 5) is 29.3. The average Bonchev–Trinajstić information content (AvgIpc) is 3.25. The second kappa shape index (κ2) is 31.0. The summed E-state index contributed by atoms with van der Waals surface area (Å²) >= 11 is 4.82. The molecule has 0 bridgehead atoms. The van der Waals surface area contributed by atoms with E-state index < -0.39 is 0 Å². The largest absolute Gasteiger partial charge is 0.388 e. The van der Waals surface area contributed by atoms with Crippen molar-refractivity contribution in [3.8, 4) is 0 Å². The van der Waals surface area contributed by atoms with Crippen LogP contribution in [0.25, 0.3) is 0 Å². The van der Waals surface area contributed by atoms with E-state index >= 15 is 0 Å². The van der Waals surface area contributed by atoms with E-state index in [2.05, 4.69) is 128 Å². The van der Waals surface area contributed by atoms with Crippen LogP contribution in [-0.2, 0) is 31.9 Å². The Labute approximate surface area is 349 Å². The number of likely N-dealkylation sites (tertiary alicyclic amines) is 2. The first kappa shape index (κ1) is 49.1. The van der Waals surface area contributed by atoms with Gasteiger partial charge in [-0.15, -0.1) is 0 Å². The molecule has 57 heavy (non-hydrogen) atoms. The number of anilines is 2. The number of carbonyl (C=O) groups excluding carboxylic acids is 2. The molecule has 0 radical (unpaired) electrons. The van der Waals surface area contributed by atoms with E-state index in [1.54, 1.807) is 35.4 Å². The Kier molecular flexibility index (Phi) is 26.7. The lowest BCUT2D eigenvalue weighted by Gasteiger charge is -2.38. The van der Waals surface area contributed by atoms with Crippen LogP contribution in [0.2, 0.25) is 0 Å². The Morgan fingerprint density at radius 2 is 0.982 bits per heavy atom. The molecule has 0 aliphatic carbocycles. The Bertz CT molecular complexity index is 1550. The van der Waals surface area contributed by atoms with Gasteiger partial charge in [-0.2, -0.15) is 0 Å². The topological polar surface area (TPSA) is 74.4 Å². The summed E-state index contributed by atoms with van der Waals surface area (Å²) in [5.41, 5.74) is 5.14. The molecule has 1 amide bonds. The van der Waals surface area contributed by atoms with Crippen molar-refractivity contribution >= 4 is 34.1 Å². The molecule has 2 saturated heterocycles. The lowest BCUT2D eigenvalue weighted by molar-refractivity contribution is -0.119. The summed E-state index contributed by atoms with van der Waals surface area (Å²) in [6.45, 7) is 10.5. The van der Waals surface area contributed by atoms with Crippen molar-refractivity contribution in [2.75, 3.05) is 77.9 Å². The molecule has 6 rings (SSSR count). The maximum Gasteiger partial charge on any atom is 0.226 e. The number of amides is 1. The van der Waals surface area contributed by atoms with Crippen LogP contribution in [-0.4, -0.2) is 101 Å². The molecule has 0 spiro atoms. The number of hydrogen-bond donors (Lipinski definition) is 1. The third kappa shape index (κ3) is 21.3. The molecular weight excluding hydrogens is 732 g/mol. The third-order valence-corrected chi connectivity index (χ3v) is 9.92. The molecule has 2 fully saturated rings. The fourth-order valence-electron chi connectivity index (χ4n) is 6.65. The van der Waals surface area contributed by atoms with Gasteiger partial charge < -0.3 is 29.5 Å². The number of hydrogen-bond acceptors (Lipinski definition) is 7. The number of nitrogens with one attached hydrogen (secondary N) is 1. The lowest BCUT2D eigenvalue weighted by atomic mass is 10.0. The molecule has 312 valence electrons. The summed E-state index contributed by atoms with van der Waals surface area (Å²) in [5.74, 6) is 0.230. The van der Waals surface area contributed by atoms with Crippen molar-refractivity contribution in [3.63, 3.8) is 0 Å². The highest BCUT2D eigenvalue weighted by Gasteiger charge is 2.28. The van der Waals surface area contributed by atoms with Gasteiger partial charge in [-0.3, -0.25) is 9.59 Å². The second-order valence-electron chi connectivity index (χ2n) is 14.1. The first-order valence-corrected chi connectivity index (χ1v) is 20.9. The number of halogens is 1. The van der Waals surface area contributed by atoms with Gasteiger partial charge in [-0.05, 0) is 85.5 Å². The fraction of sp³-hybridized carbons (Fsp3) is 0.458. The smallest absolute Gasteiger partial charge is 0.226 e. The molecule has 0 saturated carbocycles. The minimum atomic E-state index is -0.273. The predicted molar refractivity (Wildman–Crippen MR) is 241 cm³/mol. The lowest BCUT2D eigenvalue weighted by Crippen LogP contribution is -2.47. The van der Waals surface area contributed by atoms with E-state index in [1.807, 2.05) is 30.0 Å². The zero-order valence-electron chi connectivity index (χ0n) is 35.5. The maximum atomic E-state index is 12.5. The highest BCUT2D eigenvalue weighted by molar-refractivity contribution is 6.63. The monoisotopic (exact) mass is 801 g/mol. The number of rotatable bonds is 12. The van der Waals surface area contributed by atoms with Crippen LogP contribution in [0.5, 0.6) is 0 Å². The van der Waals surface area contributed by atoms with Crippen molar-refractivity contribution in [2.45, 2.75) is 77.3 Å². The molecule has 4 aromatic carbocycles. The van der Waals surface area contributed by atoms with Gasteiger partial charge in [0.2, 0.25) is 11.1 Å². The SMILES string of the molecule is CCC(=O)Cl.CCC(=O)N(c1ccccc1)C1CCN(CCc2ccccc2)CC1.COC.COC.c1ccc(CCN2CCC(Nc3ccccc3)CC2)cc1. The van der Waals surface area contributed by atoms with E-state index in [1.165, 1.54) is 49.3 Å². The molecule has 4 aromatic rings. The highest BCUT2D eigenvalue weighted by Crippen LogP contribution is 2.25. The van der Waals surface area contributed by atoms with Gasteiger partial charge in [0.25, 0.3) is 0 Å². The third-order valence-electron chi connectivity index (χ3n) is 9.66. The number of piperidine rings is 2. The minimum Gasteiger partial charge on any atom is -0.388 e. The zero-order chi connectivity index (χ0) is 41.5. The van der Waals surface area contributed by atoms with E-state index in [0.717, 1.165) is 51.0 Å². The van der Waals surface area contributed by atoms with E-state index in [9.17, 15) is 9.59 Å². The Balaban J connectivity index is 0.000000316. The normalized spacial score (nSPS) is 14.4. The van der Waals surface area contributed by atoms with Gasteiger partial charge in [-0.25, -0.2) is 0 Å². The first-order chi connectivity index (χ1) is 27.8. The Morgan fingerprint density at radius 3 is 1.37 bits per heavy atom. The fourth-order valence-corrected chi connectivity index (χ4v) is 6.65. The molecule has 0 aromatic heterocycles. The van der Waals surface area contributed by atoms with Crippen molar-refractivity contribution in [1.29, 1.82) is 0 Å². The minimum absolute atomic E-state index is 0.230. The quantitative estimate of drug-likeness (QED) is 0.143. The number of methoxy groups -OCH3 is 2. The van der Waals surface area contributed by atoms with E-state index in [0.29, 0.717) is 24.9 Å². The molecule has 2 aliphatic heterocycles. The summed E-state index contributed by atoms with van der Waals surface area (Å²) in [7, 11) is 6.50. The summed E-state index contributed by atoms with van der Waals surface area (Å²) in [5, 5.41) is 3.38. The van der Waals surface area contributed by atoms with Gasteiger partial charge in [0.15, 0.2) is 0 Å². The number of carbonyl (C=O) groups is 2. The van der Waals surface area contributed by atoms with E-state index in [4.69, 9.17) is 11.6 Å². The van der Waals surface area contributed by atoms with Crippen molar-refractivity contribution in [3.05, 3.63) is 132 Å². The van der Waals surface area contributed by atoms with Crippen LogP contribution < -0.4 is 10.2 Å². The van der Waals surface area contributed by atoms with Crippen LogP contribution in [0.3, 0.4) is 0 Å². The van der Waals surface area contributed by atoms with Crippen molar-refractivity contribution < 1.29 is 19.1 Å². The van der Waals surface area contributed by atoms with Crippen LogP contribution >= 0.6 is 11.6 Å². The van der Waals surface area contributed by atoms with Crippen LogP contribution in [0, 0.1) is 0 Å². The van der Waals surface area contributed by atoms with Gasteiger partial charge in [-0.1, -0.05) is 111 Å². The number of nitrogens with zero attached hydrogens (tertiary/aromatic N) is 3. The number of para-hydroxylation sites is 2. The van der Waals surface area contributed by atoms with Crippen molar-refractivity contribution in [1.82, 2.24) is 9.80 Å². The van der Waals surface area contributed by atoms with Crippen LogP contribution in [0.4, 0.5) is 11.4 Å². The van der Waals surface area contributed by atoms with Crippen molar-refractivity contribution in [2.24, 2.45) is 0 Å². The van der Waals surface area contributed by atoms with Gasteiger partial charge >= 0.3 is 0 Å². The summed E-state index contributed by atoms with van der Waals surface area (Å²) < 4.78 is 8.50. The summed E-state index contributed by atoms with van der Waals surface area (Å²) in [6.07, 6.45) is 7.84. The molecule has 9 heteroatoms. The molecule has 2 aliphatic rings. The molecule has 1 N–H and O–H groups in total. The average molecular weight is 802 g/mol. The van der Waals surface area contributed by atoms with Gasteiger partial charge in [0.05, 0.1) is 0 Å². The summed E-state index contributed by atoms with van der Waals surface area (Å²) in [6, 6.07) is 43.1. The molecule has 0 unspecified atom stereocenters. The number of benzene rings is 4. The number of ether oxygens (including phenoxy) is 2. The zero-order valence-corrected chi connectivity index (χ0v) is 36.2. The molecule has 0 atom stereocenters. The predicted octanol–water partition coefficient (Wildman–Crippen LogP) is 9.63. The van der Waals surface area contributed by atoms with Crippen LogP contribution in [0.1, 0.15) is 63.5 Å². The first-order valence-electron chi connectivity index (χ1n) is 20.5. The molecule has 8 nitrogen and oxygen atoms in total. The Morgan fingerprint density at radius 1 is 0.614 bits per heavy atom. The highest BCUT2D eigenvalue weighted by atomic mass is 35.5. The van der Waals surface area contributed by atoms with Gasteiger partial charge in [0.1, 0.15) is 0 Å². The Hall–Kier alpha value is -4.05. The van der Waals surface area contributed by atoms with Gasteiger partial charge in [0, 0.05) is 104 Å². The maximum absolute atomic E-state index is 12.5. The molecular formula is C48H69ClN4O4. The van der Waals surface area contributed by atoms with Crippen LogP contribution in [0.15, 0.2) is 121 Å². The molecule has 2 heterocycles.